The lowest BCUT2D eigenvalue weighted by atomic mass is 10.0. The van der Waals surface area contributed by atoms with Gasteiger partial charge in [-0.2, -0.15) is 9.50 Å². The number of anilines is 1. The summed E-state index contributed by atoms with van der Waals surface area (Å²) in [5.74, 6) is 0.776. The first kappa shape index (κ1) is 11.6. The summed E-state index contributed by atoms with van der Waals surface area (Å²) < 4.78 is 1.65. The molecule has 0 saturated heterocycles. The highest BCUT2D eigenvalue weighted by Crippen LogP contribution is 2.22. The maximum atomic E-state index is 5.61. The van der Waals surface area contributed by atoms with E-state index in [1.165, 1.54) is 11.1 Å². The number of nitrogens with two attached hydrogens (primary N) is 1. The van der Waals surface area contributed by atoms with Crippen LogP contribution in [0, 0.1) is 20.8 Å². The van der Waals surface area contributed by atoms with Gasteiger partial charge in [-0.3, -0.25) is 0 Å². The molecule has 19 heavy (non-hydrogen) atoms. The van der Waals surface area contributed by atoms with Gasteiger partial charge in [-0.15, -0.1) is 5.10 Å². The molecule has 0 unspecified atom stereocenters. The van der Waals surface area contributed by atoms with Crippen molar-refractivity contribution in [3.05, 3.63) is 41.1 Å². The van der Waals surface area contributed by atoms with E-state index in [0.717, 1.165) is 17.0 Å². The predicted molar refractivity (Wildman–Crippen MR) is 74.8 cm³/mol. The first-order chi connectivity index (χ1) is 9.04. The van der Waals surface area contributed by atoms with E-state index in [0.29, 0.717) is 5.78 Å². The molecule has 1 aromatic carbocycles. The summed E-state index contributed by atoms with van der Waals surface area (Å²) in [6.45, 7) is 6.16. The van der Waals surface area contributed by atoms with Crippen molar-refractivity contribution in [1.29, 1.82) is 0 Å². The van der Waals surface area contributed by atoms with Crippen LogP contribution in [0.1, 0.15) is 16.8 Å². The van der Waals surface area contributed by atoms with Gasteiger partial charge in [0.2, 0.25) is 5.95 Å². The fraction of sp³-hybridized carbons (Fsp3) is 0.214. The summed E-state index contributed by atoms with van der Waals surface area (Å²) in [4.78, 5) is 8.63. The third kappa shape index (κ3) is 1.93. The number of hydrogen-bond acceptors (Lipinski definition) is 4. The van der Waals surface area contributed by atoms with E-state index in [4.69, 9.17) is 5.73 Å². The van der Waals surface area contributed by atoms with Crippen molar-refractivity contribution in [2.45, 2.75) is 20.8 Å². The second kappa shape index (κ2) is 4.05. The van der Waals surface area contributed by atoms with Gasteiger partial charge in [0.15, 0.2) is 0 Å². The van der Waals surface area contributed by atoms with E-state index in [1.54, 1.807) is 4.52 Å². The highest BCUT2D eigenvalue weighted by molar-refractivity contribution is 5.63. The van der Waals surface area contributed by atoms with Gasteiger partial charge in [0.1, 0.15) is 0 Å². The summed E-state index contributed by atoms with van der Waals surface area (Å²) >= 11 is 0. The molecule has 0 radical (unpaired) electrons. The Morgan fingerprint density at radius 1 is 1.00 bits per heavy atom. The number of hydrogen-bond donors (Lipinski definition) is 1. The molecule has 96 valence electrons. The Balaban J connectivity index is 2.21. The smallest absolute Gasteiger partial charge is 0.254 e. The number of fused-ring (bicyclic) bond motifs is 1. The van der Waals surface area contributed by atoms with E-state index < -0.39 is 0 Å². The van der Waals surface area contributed by atoms with Crippen molar-refractivity contribution in [2.24, 2.45) is 0 Å². The molecule has 5 heteroatoms. The quantitative estimate of drug-likeness (QED) is 0.722. The van der Waals surface area contributed by atoms with Gasteiger partial charge in [-0.1, -0.05) is 12.1 Å². The van der Waals surface area contributed by atoms with Crippen molar-refractivity contribution in [2.75, 3.05) is 5.73 Å². The highest BCUT2D eigenvalue weighted by Gasteiger charge is 2.08. The van der Waals surface area contributed by atoms with Crippen LogP contribution >= 0.6 is 0 Å². The van der Waals surface area contributed by atoms with E-state index in [2.05, 4.69) is 47.1 Å². The average molecular weight is 253 g/mol. The van der Waals surface area contributed by atoms with Crippen LogP contribution in [-0.4, -0.2) is 19.6 Å². The summed E-state index contributed by atoms with van der Waals surface area (Å²) in [6.07, 6.45) is 0. The molecule has 0 fully saturated rings. The average Bonchev–Trinajstić information content (AvgIpc) is 2.74. The molecule has 0 bridgehead atoms. The Labute approximate surface area is 111 Å². The monoisotopic (exact) mass is 253 g/mol. The molecule has 0 aliphatic carbocycles. The third-order valence-electron chi connectivity index (χ3n) is 3.31. The summed E-state index contributed by atoms with van der Waals surface area (Å²) in [7, 11) is 0. The lowest BCUT2D eigenvalue weighted by molar-refractivity contribution is 0.900. The number of nitrogen functional groups attached to an aromatic ring is 1. The Morgan fingerprint density at radius 3 is 2.53 bits per heavy atom. The molecule has 0 spiro atoms. The Kier molecular flexibility index (Phi) is 2.48. The van der Waals surface area contributed by atoms with Gasteiger partial charge in [0, 0.05) is 11.3 Å². The summed E-state index contributed by atoms with van der Waals surface area (Å²) in [5.41, 5.74) is 11.1. The van der Waals surface area contributed by atoms with Crippen LogP contribution in [0.4, 0.5) is 5.95 Å². The number of aryl methyl sites for hydroxylation is 3. The van der Waals surface area contributed by atoms with Crippen molar-refractivity contribution in [3.63, 3.8) is 0 Å². The van der Waals surface area contributed by atoms with Crippen LogP contribution in [0.25, 0.3) is 17.0 Å². The van der Waals surface area contributed by atoms with Crippen molar-refractivity contribution in [1.82, 2.24) is 19.6 Å². The zero-order valence-electron chi connectivity index (χ0n) is 11.2. The zero-order valence-corrected chi connectivity index (χ0v) is 11.2. The number of nitrogens with zero attached hydrogens (tertiary/aromatic N) is 4. The molecule has 2 N–H and O–H groups in total. The van der Waals surface area contributed by atoms with Crippen LogP contribution in [-0.2, 0) is 0 Å². The molecule has 5 nitrogen and oxygen atoms in total. The molecule has 3 rings (SSSR count). The van der Waals surface area contributed by atoms with E-state index in [9.17, 15) is 0 Å². The maximum Gasteiger partial charge on any atom is 0.254 e. The third-order valence-corrected chi connectivity index (χ3v) is 3.31. The molecule has 0 aliphatic rings. The van der Waals surface area contributed by atoms with Crippen LogP contribution in [0.5, 0.6) is 0 Å². The Bertz CT molecular complexity index is 773. The standard InChI is InChI=1S/C14H15N5/c1-8-4-5-11(6-9(8)2)12-7-10(3)19-14(16-12)17-13(15)18-19/h4-7H,1-3H3,(H2,15,18). The first-order valence-corrected chi connectivity index (χ1v) is 6.12. The predicted octanol–water partition coefficient (Wildman–Crippen LogP) is 2.30. The second-order valence-corrected chi connectivity index (χ2v) is 4.76. The topological polar surface area (TPSA) is 69.1 Å². The molecule has 0 amide bonds. The Morgan fingerprint density at radius 2 is 1.79 bits per heavy atom. The van der Waals surface area contributed by atoms with E-state index in [1.807, 2.05) is 13.0 Å². The fourth-order valence-corrected chi connectivity index (χ4v) is 2.08. The van der Waals surface area contributed by atoms with Gasteiger partial charge in [-0.25, -0.2) is 4.98 Å². The van der Waals surface area contributed by atoms with Crippen LogP contribution in [0.15, 0.2) is 24.3 Å². The minimum atomic E-state index is 0.243. The number of benzene rings is 1. The van der Waals surface area contributed by atoms with Gasteiger partial charge >= 0.3 is 0 Å². The van der Waals surface area contributed by atoms with Crippen LogP contribution in [0.2, 0.25) is 0 Å². The summed E-state index contributed by atoms with van der Waals surface area (Å²) in [6, 6.07) is 8.29. The largest absolute Gasteiger partial charge is 0.366 e. The molecule has 2 aromatic heterocycles. The molecule has 2 heterocycles. The number of aromatic nitrogens is 4. The second-order valence-electron chi connectivity index (χ2n) is 4.76. The van der Waals surface area contributed by atoms with E-state index >= 15 is 0 Å². The van der Waals surface area contributed by atoms with Gasteiger partial charge in [0.05, 0.1) is 5.69 Å². The van der Waals surface area contributed by atoms with Crippen LogP contribution < -0.4 is 5.73 Å². The molecule has 0 aliphatic heterocycles. The zero-order chi connectivity index (χ0) is 13.6. The molecular formula is C14H15N5. The Hall–Kier alpha value is -2.43. The number of rotatable bonds is 1. The molecule has 3 aromatic rings. The minimum absolute atomic E-state index is 0.243. The lowest BCUT2D eigenvalue weighted by Crippen LogP contribution is -1.98. The van der Waals surface area contributed by atoms with Gasteiger partial charge in [0.25, 0.3) is 5.78 Å². The first-order valence-electron chi connectivity index (χ1n) is 6.12. The van der Waals surface area contributed by atoms with Crippen LogP contribution in [0.3, 0.4) is 0 Å². The molecule has 0 saturated carbocycles. The molecular weight excluding hydrogens is 238 g/mol. The van der Waals surface area contributed by atoms with E-state index in [-0.39, 0.29) is 5.95 Å². The van der Waals surface area contributed by atoms with Gasteiger partial charge < -0.3 is 5.73 Å². The van der Waals surface area contributed by atoms with Gasteiger partial charge in [-0.05, 0) is 44.0 Å². The SMILES string of the molecule is Cc1ccc(-c2cc(C)n3nc(N)nc3n2)cc1C. The molecule has 0 atom stereocenters. The lowest BCUT2D eigenvalue weighted by Gasteiger charge is -2.06. The minimum Gasteiger partial charge on any atom is -0.366 e. The van der Waals surface area contributed by atoms with Crippen molar-refractivity contribution < 1.29 is 0 Å². The normalized spacial score (nSPS) is 11.1. The summed E-state index contributed by atoms with van der Waals surface area (Å²) in [5, 5.41) is 4.10. The fourth-order valence-electron chi connectivity index (χ4n) is 2.08. The maximum absolute atomic E-state index is 5.61. The van der Waals surface area contributed by atoms with Crippen molar-refractivity contribution >= 4 is 11.7 Å². The highest BCUT2D eigenvalue weighted by atomic mass is 15.4. The van der Waals surface area contributed by atoms with Crippen molar-refractivity contribution in [3.8, 4) is 11.3 Å².